The zero-order valence-electron chi connectivity index (χ0n) is 13.4. The van der Waals surface area contributed by atoms with Gasteiger partial charge >= 0.3 is 0 Å². The molecule has 0 fully saturated rings. The van der Waals surface area contributed by atoms with Crippen LogP contribution in [0.1, 0.15) is 15.2 Å². The van der Waals surface area contributed by atoms with Gasteiger partial charge in [0.15, 0.2) is 15.0 Å². The van der Waals surface area contributed by atoms with Crippen molar-refractivity contribution in [3.63, 3.8) is 0 Å². The number of rotatable bonds is 5. The zero-order valence-corrected chi connectivity index (χ0v) is 16.5. The maximum absolute atomic E-state index is 12.6. The van der Waals surface area contributed by atoms with Gasteiger partial charge in [0.25, 0.3) is 0 Å². The summed E-state index contributed by atoms with van der Waals surface area (Å²) in [4.78, 5) is 17.3. The molecule has 0 aliphatic heterocycles. The van der Waals surface area contributed by atoms with E-state index in [1.165, 1.54) is 18.3 Å². The Kier molecular flexibility index (Phi) is 5.34. The van der Waals surface area contributed by atoms with Crippen molar-refractivity contribution in [2.24, 2.45) is 0 Å². The fourth-order valence-corrected chi connectivity index (χ4v) is 4.22. The first-order valence-corrected chi connectivity index (χ1v) is 10.7. The molecule has 1 heterocycles. The van der Waals surface area contributed by atoms with E-state index in [4.69, 9.17) is 23.2 Å². The molecular weight excluding hydrogens is 415 g/mol. The van der Waals surface area contributed by atoms with Crippen LogP contribution in [0, 0.1) is 0 Å². The molecule has 1 aromatic heterocycles. The van der Waals surface area contributed by atoms with E-state index < -0.39 is 9.84 Å². The third kappa shape index (κ3) is 4.07. The molecule has 0 saturated carbocycles. The van der Waals surface area contributed by atoms with E-state index in [1.54, 1.807) is 30.3 Å². The Hall–Kier alpha value is -1.93. The number of benzene rings is 2. The normalized spacial score (nSPS) is 11.3. The van der Waals surface area contributed by atoms with Crippen LogP contribution in [0.2, 0.25) is 10.0 Å². The summed E-state index contributed by atoms with van der Waals surface area (Å²) in [5.41, 5.74) is 0.780. The van der Waals surface area contributed by atoms with Crippen LogP contribution in [0.25, 0.3) is 0 Å². The Morgan fingerprint density at radius 3 is 2.42 bits per heavy atom. The first kappa shape index (κ1) is 18.8. The van der Waals surface area contributed by atoms with Gasteiger partial charge in [-0.25, -0.2) is 13.4 Å². The van der Waals surface area contributed by atoms with Gasteiger partial charge in [-0.2, -0.15) is 0 Å². The van der Waals surface area contributed by atoms with Crippen molar-refractivity contribution >= 4 is 61.0 Å². The first-order chi connectivity index (χ1) is 12.3. The Bertz CT molecular complexity index is 1070. The summed E-state index contributed by atoms with van der Waals surface area (Å²) < 4.78 is 23.3. The number of carbonyl (C=O) groups excluding carboxylic acids is 1. The molecule has 0 saturated heterocycles. The number of hydrogen-bond donors (Lipinski definition) is 1. The molecular formula is C17H12Cl2N2O3S2. The summed E-state index contributed by atoms with van der Waals surface area (Å²) in [6.07, 6.45) is 2.56. The number of anilines is 2. The standard InChI is InChI=1S/C17H12Cl2N2O3S2/c1-26(23,24)11-5-2-4-10(8-11)21-17-20-9-14(25-17)16(22)15-12(18)6-3-7-13(15)19/h2-9H,1H3,(H,20,21). The second-order valence-corrected chi connectivity index (χ2v) is 9.24. The van der Waals surface area contributed by atoms with Gasteiger partial charge in [0.1, 0.15) is 0 Å². The van der Waals surface area contributed by atoms with Crippen LogP contribution >= 0.6 is 34.5 Å². The van der Waals surface area contributed by atoms with Gasteiger partial charge < -0.3 is 5.32 Å². The predicted octanol–water partition coefficient (Wildman–Crippen LogP) is 4.83. The number of carbonyl (C=O) groups is 1. The molecule has 0 aliphatic rings. The maximum Gasteiger partial charge on any atom is 0.207 e. The van der Waals surface area contributed by atoms with E-state index in [0.717, 1.165) is 17.6 Å². The minimum atomic E-state index is -3.31. The van der Waals surface area contributed by atoms with Gasteiger partial charge in [-0.3, -0.25) is 4.79 Å². The minimum absolute atomic E-state index is 0.193. The summed E-state index contributed by atoms with van der Waals surface area (Å²) in [6.45, 7) is 0. The molecule has 1 N–H and O–H groups in total. The smallest absolute Gasteiger partial charge is 0.207 e. The summed E-state index contributed by atoms with van der Waals surface area (Å²) in [5, 5.41) is 3.98. The zero-order chi connectivity index (χ0) is 18.9. The van der Waals surface area contributed by atoms with E-state index in [2.05, 4.69) is 10.3 Å². The monoisotopic (exact) mass is 426 g/mol. The fraction of sp³-hybridized carbons (Fsp3) is 0.0588. The molecule has 134 valence electrons. The SMILES string of the molecule is CS(=O)(=O)c1cccc(Nc2ncc(C(=O)c3c(Cl)cccc3Cl)s2)c1. The quantitative estimate of drug-likeness (QED) is 0.591. The summed E-state index contributed by atoms with van der Waals surface area (Å²) in [6, 6.07) is 11.2. The Morgan fingerprint density at radius 2 is 1.77 bits per heavy atom. The number of sulfone groups is 1. The molecule has 0 atom stereocenters. The van der Waals surface area contributed by atoms with E-state index in [1.807, 2.05) is 0 Å². The lowest BCUT2D eigenvalue weighted by Crippen LogP contribution is -2.00. The van der Waals surface area contributed by atoms with Gasteiger partial charge in [0, 0.05) is 11.9 Å². The second kappa shape index (κ2) is 7.36. The average molecular weight is 427 g/mol. The van der Waals surface area contributed by atoms with Crippen molar-refractivity contribution in [3.8, 4) is 0 Å². The van der Waals surface area contributed by atoms with Crippen molar-refractivity contribution < 1.29 is 13.2 Å². The largest absolute Gasteiger partial charge is 0.331 e. The summed E-state index contributed by atoms with van der Waals surface area (Å²) in [5.74, 6) is -0.323. The number of halogens is 2. The molecule has 26 heavy (non-hydrogen) atoms. The van der Waals surface area contributed by atoms with E-state index in [9.17, 15) is 13.2 Å². The predicted molar refractivity (Wildman–Crippen MR) is 105 cm³/mol. The molecule has 2 aromatic carbocycles. The number of hydrogen-bond acceptors (Lipinski definition) is 6. The molecule has 0 bridgehead atoms. The van der Waals surface area contributed by atoms with Crippen LogP contribution in [-0.4, -0.2) is 25.4 Å². The molecule has 0 amide bonds. The Morgan fingerprint density at radius 1 is 1.12 bits per heavy atom. The number of aromatic nitrogens is 1. The number of ketones is 1. The lowest BCUT2D eigenvalue weighted by atomic mass is 10.1. The van der Waals surface area contributed by atoms with Gasteiger partial charge in [-0.15, -0.1) is 0 Å². The molecule has 5 nitrogen and oxygen atoms in total. The lowest BCUT2D eigenvalue weighted by molar-refractivity contribution is 0.104. The van der Waals surface area contributed by atoms with Crippen LogP contribution in [0.3, 0.4) is 0 Å². The highest BCUT2D eigenvalue weighted by Crippen LogP contribution is 2.30. The van der Waals surface area contributed by atoms with Crippen LogP contribution in [0.5, 0.6) is 0 Å². The molecule has 3 rings (SSSR count). The van der Waals surface area contributed by atoms with E-state index >= 15 is 0 Å². The number of nitrogens with one attached hydrogen (secondary N) is 1. The van der Waals surface area contributed by atoms with Crippen molar-refractivity contribution in [1.82, 2.24) is 4.98 Å². The van der Waals surface area contributed by atoms with Crippen molar-refractivity contribution in [1.29, 1.82) is 0 Å². The highest BCUT2D eigenvalue weighted by Gasteiger charge is 2.19. The molecule has 0 unspecified atom stereocenters. The van der Waals surface area contributed by atoms with Gasteiger partial charge in [0.2, 0.25) is 5.78 Å². The molecule has 9 heteroatoms. The van der Waals surface area contributed by atoms with Crippen LogP contribution < -0.4 is 5.32 Å². The van der Waals surface area contributed by atoms with Crippen LogP contribution in [0.15, 0.2) is 53.6 Å². The summed E-state index contributed by atoms with van der Waals surface area (Å²) in [7, 11) is -3.31. The third-order valence-electron chi connectivity index (χ3n) is 3.43. The molecule has 0 radical (unpaired) electrons. The Balaban J connectivity index is 1.86. The maximum atomic E-state index is 12.6. The lowest BCUT2D eigenvalue weighted by Gasteiger charge is -2.05. The molecule has 0 aliphatic carbocycles. The van der Waals surface area contributed by atoms with Crippen molar-refractivity contribution in [2.75, 3.05) is 11.6 Å². The highest BCUT2D eigenvalue weighted by atomic mass is 35.5. The van der Waals surface area contributed by atoms with Crippen molar-refractivity contribution in [3.05, 3.63) is 69.1 Å². The minimum Gasteiger partial charge on any atom is -0.331 e. The second-order valence-electron chi connectivity index (χ2n) is 5.38. The molecule has 0 spiro atoms. The number of thiazole rings is 1. The van der Waals surface area contributed by atoms with E-state index in [0.29, 0.717) is 15.7 Å². The average Bonchev–Trinajstić information content (AvgIpc) is 3.02. The Labute approximate surface area is 164 Å². The number of nitrogens with zero attached hydrogens (tertiary/aromatic N) is 1. The van der Waals surface area contributed by atoms with Crippen LogP contribution in [0.4, 0.5) is 10.8 Å². The van der Waals surface area contributed by atoms with Crippen molar-refractivity contribution in [2.45, 2.75) is 4.90 Å². The third-order valence-corrected chi connectivity index (χ3v) is 6.08. The van der Waals surface area contributed by atoms with E-state index in [-0.39, 0.29) is 26.3 Å². The van der Waals surface area contributed by atoms with Gasteiger partial charge in [0.05, 0.1) is 31.6 Å². The fourth-order valence-electron chi connectivity index (χ4n) is 2.20. The first-order valence-electron chi connectivity index (χ1n) is 7.27. The summed E-state index contributed by atoms with van der Waals surface area (Å²) >= 11 is 13.3. The van der Waals surface area contributed by atoms with Crippen LogP contribution in [-0.2, 0) is 9.84 Å². The topological polar surface area (TPSA) is 76.1 Å². The van der Waals surface area contributed by atoms with Gasteiger partial charge in [-0.05, 0) is 30.3 Å². The highest BCUT2D eigenvalue weighted by molar-refractivity contribution is 7.90. The molecule has 3 aromatic rings. The van der Waals surface area contributed by atoms with Gasteiger partial charge in [-0.1, -0.05) is 46.7 Å².